The monoisotopic (exact) mass is 320 g/mol. The predicted molar refractivity (Wildman–Crippen MR) is 88.1 cm³/mol. The van der Waals surface area contributed by atoms with Gasteiger partial charge in [0.2, 0.25) is 11.8 Å². The Kier molecular flexibility index (Phi) is 4.73. The van der Waals surface area contributed by atoms with E-state index in [1.54, 1.807) is 0 Å². The zero-order valence-corrected chi connectivity index (χ0v) is 14.5. The molecule has 3 heterocycles. The van der Waals surface area contributed by atoms with Gasteiger partial charge in [0.25, 0.3) is 0 Å². The Hall–Kier alpha value is -1.40. The van der Waals surface area contributed by atoms with Crippen molar-refractivity contribution >= 4 is 5.91 Å². The summed E-state index contributed by atoms with van der Waals surface area (Å²) in [6.45, 7) is 11.0. The fourth-order valence-corrected chi connectivity index (χ4v) is 3.49. The summed E-state index contributed by atoms with van der Waals surface area (Å²) in [6, 6.07) is 0. The summed E-state index contributed by atoms with van der Waals surface area (Å²) >= 11 is 0. The van der Waals surface area contributed by atoms with Crippen molar-refractivity contribution in [3.05, 3.63) is 17.3 Å². The molecule has 0 aliphatic carbocycles. The zero-order valence-electron chi connectivity index (χ0n) is 14.5. The molecule has 3 rings (SSSR count). The quantitative estimate of drug-likeness (QED) is 0.914. The summed E-state index contributed by atoms with van der Waals surface area (Å²) in [4.78, 5) is 21.6. The summed E-state index contributed by atoms with van der Waals surface area (Å²) < 4.78 is 5.66. The van der Waals surface area contributed by atoms with E-state index in [9.17, 15) is 4.79 Å². The third-order valence-electron chi connectivity index (χ3n) is 5.18. The Morgan fingerprint density at radius 2 is 2.00 bits per heavy atom. The fraction of sp³-hybridized carbons (Fsp3) is 0.765. The number of amides is 1. The van der Waals surface area contributed by atoms with E-state index in [2.05, 4.69) is 22.1 Å². The molecule has 1 N–H and O–H groups in total. The summed E-state index contributed by atoms with van der Waals surface area (Å²) in [7, 11) is 0. The summed E-state index contributed by atoms with van der Waals surface area (Å²) in [6.07, 6.45) is 3.25. The van der Waals surface area contributed by atoms with Gasteiger partial charge >= 0.3 is 0 Å². The van der Waals surface area contributed by atoms with E-state index in [-0.39, 0.29) is 11.4 Å². The molecular weight excluding hydrogens is 292 g/mol. The van der Waals surface area contributed by atoms with Gasteiger partial charge in [-0.25, -0.2) is 4.98 Å². The van der Waals surface area contributed by atoms with Crippen LogP contribution >= 0.6 is 0 Å². The lowest BCUT2D eigenvalue weighted by Crippen LogP contribution is -2.61. The highest BCUT2D eigenvalue weighted by atomic mass is 16.4. The van der Waals surface area contributed by atoms with Gasteiger partial charge in [0, 0.05) is 26.2 Å². The second-order valence-corrected chi connectivity index (χ2v) is 7.03. The minimum absolute atomic E-state index is 0.264. The highest BCUT2D eigenvalue weighted by Gasteiger charge is 2.38. The molecule has 0 aromatic carbocycles. The number of nitrogens with zero attached hydrogens (tertiary/aromatic N) is 3. The molecule has 23 heavy (non-hydrogen) atoms. The van der Waals surface area contributed by atoms with Gasteiger partial charge in [-0.1, -0.05) is 0 Å². The SMILES string of the molecule is Cc1nc(CN2CCN(C(=O)[C@]3(C)CCCCN3)CC2)oc1C. The van der Waals surface area contributed by atoms with Gasteiger partial charge in [-0.15, -0.1) is 0 Å². The Labute approximate surface area is 138 Å². The second kappa shape index (κ2) is 6.61. The van der Waals surface area contributed by atoms with Crippen LogP contribution in [0.2, 0.25) is 0 Å². The molecule has 2 saturated heterocycles. The standard InChI is InChI=1S/C17H28N4O2/c1-13-14(2)23-15(19-13)12-20-8-10-21(11-9-20)16(22)17(3)6-4-5-7-18-17/h18H,4-12H2,1-3H3/t17-/m0/s1. The highest BCUT2D eigenvalue weighted by molar-refractivity contribution is 5.86. The molecule has 1 aromatic heterocycles. The first kappa shape index (κ1) is 16.5. The average Bonchev–Trinajstić information content (AvgIpc) is 2.86. The van der Waals surface area contributed by atoms with E-state index in [1.807, 2.05) is 18.7 Å². The van der Waals surface area contributed by atoms with E-state index in [0.29, 0.717) is 0 Å². The lowest BCUT2D eigenvalue weighted by molar-refractivity contribution is -0.140. The van der Waals surface area contributed by atoms with Crippen LogP contribution in [-0.4, -0.2) is 59.0 Å². The number of oxazole rings is 1. The molecule has 128 valence electrons. The molecule has 0 bridgehead atoms. The van der Waals surface area contributed by atoms with E-state index in [4.69, 9.17) is 4.42 Å². The zero-order chi connectivity index (χ0) is 16.4. The molecule has 2 aliphatic rings. The van der Waals surface area contributed by atoms with Gasteiger partial charge in [-0.3, -0.25) is 9.69 Å². The molecular formula is C17H28N4O2. The smallest absolute Gasteiger partial charge is 0.242 e. The fourth-order valence-electron chi connectivity index (χ4n) is 3.49. The van der Waals surface area contributed by atoms with Gasteiger partial charge in [0.15, 0.2) is 0 Å². The minimum atomic E-state index is -0.364. The summed E-state index contributed by atoms with van der Waals surface area (Å²) in [5.41, 5.74) is 0.599. The van der Waals surface area contributed by atoms with Crippen LogP contribution in [-0.2, 0) is 11.3 Å². The van der Waals surface area contributed by atoms with Crippen LogP contribution < -0.4 is 5.32 Å². The number of hydrogen-bond donors (Lipinski definition) is 1. The van der Waals surface area contributed by atoms with Crippen LogP contribution in [0.25, 0.3) is 0 Å². The summed E-state index contributed by atoms with van der Waals surface area (Å²) in [5, 5.41) is 3.42. The average molecular weight is 320 g/mol. The molecule has 0 saturated carbocycles. The van der Waals surface area contributed by atoms with Crippen LogP contribution in [0.1, 0.15) is 43.5 Å². The van der Waals surface area contributed by atoms with Crippen LogP contribution in [0.5, 0.6) is 0 Å². The van der Waals surface area contributed by atoms with Gasteiger partial charge < -0.3 is 14.6 Å². The molecule has 2 aliphatic heterocycles. The van der Waals surface area contributed by atoms with Gasteiger partial charge in [0.05, 0.1) is 17.8 Å². The molecule has 0 unspecified atom stereocenters. The normalized spacial score (nSPS) is 26.5. The first-order valence-corrected chi connectivity index (χ1v) is 8.67. The molecule has 1 atom stereocenters. The lowest BCUT2D eigenvalue weighted by Gasteiger charge is -2.41. The molecule has 1 aromatic rings. The Morgan fingerprint density at radius 1 is 1.26 bits per heavy atom. The minimum Gasteiger partial charge on any atom is -0.444 e. The Bertz CT molecular complexity index is 535. The topological polar surface area (TPSA) is 61.6 Å². The maximum Gasteiger partial charge on any atom is 0.242 e. The van der Waals surface area contributed by atoms with E-state index >= 15 is 0 Å². The third kappa shape index (κ3) is 3.58. The number of rotatable bonds is 3. The third-order valence-corrected chi connectivity index (χ3v) is 5.18. The van der Waals surface area contributed by atoms with E-state index in [0.717, 1.165) is 69.5 Å². The lowest BCUT2D eigenvalue weighted by atomic mass is 9.89. The first-order chi connectivity index (χ1) is 11.0. The van der Waals surface area contributed by atoms with Crippen LogP contribution in [0, 0.1) is 13.8 Å². The maximum absolute atomic E-state index is 12.8. The largest absolute Gasteiger partial charge is 0.444 e. The molecule has 6 heteroatoms. The van der Waals surface area contributed by atoms with Crippen LogP contribution in [0.4, 0.5) is 0 Å². The van der Waals surface area contributed by atoms with Gasteiger partial charge in [-0.05, 0) is 46.6 Å². The van der Waals surface area contributed by atoms with Gasteiger partial charge in [-0.2, -0.15) is 0 Å². The second-order valence-electron chi connectivity index (χ2n) is 7.03. The molecule has 1 amide bonds. The molecule has 6 nitrogen and oxygen atoms in total. The Balaban J connectivity index is 1.52. The van der Waals surface area contributed by atoms with Gasteiger partial charge in [0.1, 0.15) is 5.76 Å². The number of carbonyl (C=O) groups is 1. The molecule has 0 radical (unpaired) electrons. The number of aromatic nitrogens is 1. The number of nitrogens with one attached hydrogen (secondary N) is 1. The van der Waals surface area contributed by atoms with Crippen molar-refractivity contribution in [2.45, 2.75) is 52.1 Å². The van der Waals surface area contributed by atoms with Crippen molar-refractivity contribution in [3.8, 4) is 0 Å². The van der Waals surface area contributed by atoms with Crippen molar-refractivity contribution < 1.29 is 9.21 Å². The maximum atomic E-state index is 12.8. The van der Waals surface area contributed by atoms with Crippen LogP contribution in [0.3, 0.4) is 0 Å². The van der Waals surface area contributed by atoms with Crippen LogP contribution in [0.15, 0.2) is 4.42 Å². The molecule has 2 fully saturated rings. The van der Waals surface area contributed by atoms with Crippen molar-refractivity contribution in [1.82, 2.24) is 20.1 Å². The highest BCUT2D eigenvalue weighted by Crippen LogP contribution is 2.22. The number of piperidine rings is 1. The van der Waals surface area contributed by atoms with Crippen molar-refractivity contribution in [1.29, 1.82) is 0 Å². The van der Waals surface area contributed by atoms with E-state index < -0.39 is 0 Å². The summed E-state index contributed by atoms with van der Waals surface area (Å²) in [5.74, 6) is 1.94. The number of carbonyl (C=O) groups excluding carboxylic acids is 1. The van der Waals surface area contributed by atoms with Crippen molar-refractivity contribution in [2.75, 3.05) is 32.7 Å². The predicted octanol–water partition coefficient (Wildman–Crippen LogP) is 1.47. The molecule has 0 spiro atoms. The van der Waals surface area contributed by atoms with Crippen molar-refractivity contribution in [3.63, 3.8) is 0 Å². The van der Waals surface area contributed by atoms with E-state index in [1.165, 1.54) is 6.42 Å². The number of aryl methyl sites for hydroxylation is 2. The Morgan fingerprint density at radius 3 is 2.57 bits per heavy atom. The first-order valence-electron chi connectivity index (χ1n) is 8.67. The number of hydrogen-bond acceptors (Lipinski definition) is 5. The number of piperazine rings is 1. The van der Waals surface area contributed by atoms with Crippen molar-refractivity contribution in [2.24, 2.45) is 0 Å².